The number of nitrogens with zero attached hydrogens (tertiary/aromatic N) is 1. The van der Waals surface area contributed by atoms with Crippen LogP contribution in [0.5, 0.6) is 0 Å². The summed E-state index contributed by atoms with van der Waals surface area (Å²) in [4.78, 5) is 13.0. The highest BCUT2D eigenvalue weighted by atomic mass is 19.4. The Labute approximate surface area is 93.0 Å². The number of halogens is 3. The van der Waals surface area contributed by atoms with Gasteiger partial charge in [-0.2, -0.15) is 13.2 Å². The molecule has 6 heteroatoms. The molecule has 1 unspecified atom stereocenters. The molecule has 1 saturated heterocycles. The molecule has 1 rings (SSSR count). The highest BCUT2D eigenvalue weighted by molar-refractivity contribution is 5.86. The fraction of sp³-hybridized carbons (Fsp3) is 0.900. The van der Waals surface area contributed by atoms with Gasteiger partial charge in [0.1, 0.15) is 0 Å². The predicted octanol–water partition coefficient (Wildman–Crippen LogP) is 1.54. The maximum Gasteiger partial charge on any atom is 0.390 e. The third kappa shape index (κ3) is 3.37. The van der Waals surface area contributed by atoms with Crippen molar-refractivity contribution in [1.82, 2.24) is 10.2 Å². The smallest absolute Gasteiger partial charge is 0.344 e. The first kappa shape index (κ1) is 13.3. The first-order valence-electron chi connectivity index (χ1n) is 5.32. The Morgan fingerprint density at radius 2 is 2.12 bits per heavy atom. The van der Waals surface area contributed by atoms with E-state index in [0.29, 0.717) is 6.42 Å². The average molecular weight is 238 g/mol. The predicted molar refractivity (Wildman–Crippen MR) is 54.0 cm³/mol. The molecule has 0 bridgehead atoms. The van der Waals surface area contributed by atoms with E-state index in [1.54, 1.807) is 6.92 Å². The summed E-state index contributed by atoms with van der Waals surface area (Å²) < 4.78 is 36.0. The Hall–Kier alpha value is -0.780. The van der Waals surface area contributed by atoms with Crippen LogP contribution in [0.15, 0.2) is 0 Å². The summed E-state index contributed by atoms with van der Waals surface area (Å²) in [5, 5.41) is 3.04. The third-order valence-electron chi connectivity index (χ3n) is 2.92. The van der Waals surface area contributed by atoms with Gasteiger partial charge in [-0.15, -0.1) is 0 Å². The Balaban J connectivity index is 2.47. The van der Waals surface area contributed by atoms with Crippen molar-refractivity contribution in [3.63, 3.8) is 0 Å². The molecule has 0 aromatic carbocycles. The zero-order valence-corrected chi connectivity index (χ0v) is 9.52. The van der Waals surface area contributed by atoms with Gasteiger partial charge >= 0.3 is 6.18 Å². The second-order valence-corrected chi connectivity index (χ2v) is 4.45. The van der Waals surface area contributed by atoms with Crippen molar-refractivity contribution < 1.29 is 18.0 Å². The molecular formula is C10H17F3N2O. The van der Waals surface area contributed by atoms with Crippen molar-refractivity contribution in [3.05, 3.63) is 0 Å². The van der Waals surface area contributed by atoms with Crippen molar-refractivity contribution in [2.24, 2.45) is 0 Å². The molecule has 1 aliphatic rings. The van der Waals surface area contributed by atoms with Crippen LogP contribution in [0.25, 0.3) is 0 Å². The maximum absolute atomic E-state index is 12.0. The minimum Gasteiger partial charge on any atom is -0.344 e. The lowest BCUT2D eigenvalue weighted by Crippen LogP contribution is -2.52. The molecule has 1 heterocycles. The van der Waals surface area contributed by atoms with Gasteiger partial charge in [-0.1, -0.05) is 0 Å². The monoisotopic (exact) mass is 238 g/mol. The van der Waals surface area contributed by atoms with E-state index >= 15 is 0 Å². The summed E-state index contributed by atoms with van der Waals surface area (Å²) >= 11 is 0. The molecule has 1 fully saturated rings. The average Bonchev–Trinajstić information content (AvgIpc) is 2.60. The molecule has 0 radical (unpaired) electrons. The number of carbonyl (C=O) groups is 1. The second kappa shape index (κ2) is 4.61. The first-order chi connectivity index (χ1) is 7.25. The summed E-state index contributed by atoms with van der Waals surface area (Å²) in [5.74, 6) is -0.255. The quantitative estimate of drug-likeness (QED) is 0.809. The van der Waals surface area contributed by atoms with Crippen LogP contribution >= 0.6 is 0 Å². The lowest BCUT2D eigenvalue weighted by molar-refractivity contribution is -0.147. The van der Waals surface area contributed by atoms with E-state index in [1.807, 2.05) is 0 Å². The van der Waals surface area contributed by atoms with Gasteiger partial charge in [-0.3, -0.25) is 4.79 Å². The first-order valence-corrected chi connectivity index (χ1v) is 5.32. The number of hydrogen-bond donors (Lipinski definition) is 1. The highest BCUT2D eigenvalue weighted by Crippen LogP contribution is 2.23. The van der Waals surface area contributed by atoms with Gasteiger partial charge in [0.05, 0.1) is 12.0 Å². The van der Waals surface area contributed by atoms with Crippen LogP contribution in [0, 0.1) is 0 Å². The topological polar surface area (TPSA) is 32.3 Å². The number of hydrogen-bond acceptors (Lipinski definition) is 2. The molecule has 0 aromatic heterocycles. The molecule has 0 saturated carbocycles. The normalized spacial score (nSPS) is 25.8. The molecule has 3 nitrogen and oxygen atoms in total. The van der Waals surface area contributed by atoms with E-state index in [9.17, 15) is 18.0 Å². The Morgan fingerprint density at radius 3 is 2.56 bits per heavy atom. The summed E-state index contributed by atoms with van der Waals surface area (Å²) in [6.45, 7) is 2.21. The number of amides is 1. The van der Waals surface area contributed by atoms with Gasteiger partial charge in [0.15, 0.2) is 0 Å². The minimum absolute atomic E-state index is 0.255. The van der Waals surface area contributed by atoms with Crippen molar-refractivity contribution >= 4 is 5.91 Å². The minimum atomic E-state index is -4.21. The van der Waals surface area contributed by atoms with Crippen LogP contribution in [0.4, 0.5) is 13.2 Å². The number of nitrogens with one attached hydrogen (secondary N) is 1. The lowest BCUT2D eigenvalue weighted by atomic mass is 9.98. The lowest BCUT2D eigenvalue weighted by Gasteiger charge is -2.29. The fourth-order valence-corrected chi connectivity index (χ4v) is 1.89. The number of likely N-dealkylation sites (N-methyl/N-ethyl adjacent to an activating group) is 1. The summed E-state index contributed by atoms with van der Waals surface area (Å²) in [7, 11) is 1.42. The molecular weight excluding hydrogens is 221 g/mol. The van der Waals surface area contributed by atoms with Gasteiger partial charge < -0.3 is 10.2 Å². The number of carbonyl (C=O) groups excluding carboxylic acids is 1. The SMILES string of the molecule is CN(CCC(F)(F)F)C(=O)C1(C)CCCN1. The van der Waals surface area contributed by atoms with Crippen molar-refractivity contribution in [2.75, 3.05) is 20.1 Å². The molecule has 1 amide bonds. The van der Waals surface area contributed by atoms with Crippen molar-refractivity contribution in [1.29, 1.82) is 0 Å². The van der Waals surface area contributed by atoms with Crippen LogP contribution in [-0.2, 0) is 4.79 Å². The summed E-state index contributed by atoms with van der Waals surface area (Å²) in [5.41, 5.74) is -0.680. The fourth-order valence-electron chi connectivity index (χ4n) is 1.89. The van der Waals surface area contributed by atoms with Gasteiger partial charge in [-0.25, -0.2) is 0 Å². The molecule has 1 N–H and O–H groups in total. The van der Waals surface area contributed by atoms with Crippen LogP contribution in [0.1, 0.15) is 26.2 Å². The number of alkyl halides is 3. The second-order valence-electron chi connectivity index (χ2n) is 4.45. The summed E-state index contributed by atoms with van der Waals surface area (Å²) in [6, 6.07) is 0. The zero-order chi connectivity index (χ0) is 12.4. The zero-order valence-electron chi connectivity index (χ0n) is 9.52. The van der Waals surface area contributed by atoms with Crippen molar-refractivity contribution in [3.8, 4) is 0 Å². The Morgan fingerprint density at radius 1 is 1.50 bits per heavy atom. The highest BCUT2D eigenvalue weighted by Gasteiger charge is 2.38. The van der Waals surface area contributed by atoms with Crippen LogP contribution in [0.3, 0.4) is 0 Å². The Bertz CT molecular complexity index is 259. The molecule has 1 aliphatic heterocycles. The van der Waals surface area contributed by atoms with E-state index in [0.717, 1.165) is 17.9 Å². The largest absolute Gasteiger partial charge is 0.390 e. The van der Waals surface area contributed by atoms with Gasteiger partial charge in [-0.05, 0) is 26.3 Å². The van der Waals surface area contributed by atoms with E-state index in [2.05, 4.69) is 5.32 Å². The molecule has 0 spiro atoms. The Kier molecular flexibility index (Phi) is 3.83. The molecule has 16 heavy (non-hydrogen) atoms. The van der Waals surface area contributed by atoms with Gasteiger partial charge in [0, 0.05) is 13.6 Å². The molecule has 0 aliphatic carbocycles. The van der Waals surface area contributed by atoms with E-state index in [-0.39, 0.29) is 12.5 Å². The number of rotatable bonds is 3. The van der Waals surface area contributed by atoms with Gasteiger partial charge in [0.2, 0.25) is 5.91 Å². The van der Waals surface area contributed by atoms with E-state index < -0.39 is 18.1 Å². The van der Waals surface area contributed by atoms with E-state index in [1.165, 1.54) is 7.05 Å². The maximum atomic E-state index is 12.0. The van der Waals surface area contributed by atoms with Crippen LogP contribution < -0.4 is 5.32 Å². The van der Waals surface area contributed by atoms with Gasteiger partial charge in [0.25, 0.3) is 0 Å². The van der Waals surface area contributed by atoms with Crippen LogP contribution in [-0.4, -0.2) is 42.7 Å². The van der Waals surface area contributed by atoms with Crippen molar-refractivity contribution in [2.45, 2.75) is 37.9 Å². The third-order valence-corrected chi connectivity index (χ3v) is 2.92. The molecule has 94 valence electrons. The summed E-state index contributed by atoms with van der Waals surface area (Å²) in [6.07, 6.45) is -3.60. The molecule has 1 atom stereocenters. The van der Waals surface area contributed by atoms with E-state index in [4.69, 9.17) is 0 Å². The van der Waals surface area contributed by atoms with Crippen LogP contribution in [0.2, 0.25) is 0 Å². The standard InChI is InChI=1S/C10H17F3N2O/c1-9(4-3-6-14-9)8(16)15(2)7-5-10(11,12)13/h14H,3-7H2,1-2H3. The molecule has 0 aromatic rings.